The van der Waals surface area contributed by atoms with Crippen LogP contribution < -0.4 is 10.6 Å². The summed E-state index contributed by atoms with van der Waals surface area (Å²) in [7, 11) is 0. The van der Waals surface area contributed by atoms with Crippen LogP contribution in [0, 0.1) is 11.3 Å². The first kappa shape index (κ1) is 14.0. The molecule has 0 saturated carbocycles. The van der Waals surface area contributed by atoms with Crippen LogP contribution in [0.25, 0.3) is 0 Å². The Labute approximate surface area is 102 Å². The van der Waals surface area contributed by atoms with Gasteiger partial charge in [0.2, 0.25) is 0 Å². The minimum Gasteiger partial charge on any atom is -0.313 e. The van der Waals surface area contributed by atoms with Gasteiger partial charge in [-0.2, -0.15) is 0 Å². The van der Waals surface area contributed by atoms with Gasteiger partial charge in [-0.05, 0) is 44.6 Å². The number of nitrogens with one attached hydrogen (secondary N) is 2. The van der Waals surface area contributed by atoms with Crippen LogP contribution in [0.3, 0.4) is 0 Å². The third-order valence-corrected chi connectivity index (χ3v) is 4.26. The van der Waals surface area contributed by atoms with Crippen molar-refractivity contribution in [3.05, 3.63) is 0 Å². The first-order chi connectivity index (χ1) is 7.23. The van der Waals surface area contributed by atoms with Crippen LogP contribution in [0.4, 0.5) is 0 Å². The van der Waals surface area contributed by atoms with Crippen molar-refractivity contribution in [3.8, 4) is 0 Å². The standard InChI is InChI=1S/C14H30N2/c1-11(2)13(3,4)10-15-12-7-8-16-14(5,6)9-12/h11-12,15-16H,7-10H2,1-6H3. The molecule has 96 valence electrons. The Balaban J connectivity index is 2.38. The molecule has 1 rings (SSSR count). The molecule has 0 spiro atoms. The van der Waals surface area contributed by atoms with Crippen LogP contribution >= 0.6 is 0 Å². The predicted molar refractivity (Wildman–Crippen MR) is 71.7 cm³/mol. The van der Waals surface area contributed by atoms with Crippen molar-refractivity contribution in [2.45, 2.75) is 66.0 Å². The molecule has 0 bridgehead atoms. The van der Waals surface area contributed by atoms with Crippen molar-refractivity contribution in [1.82, 2.24) is 10.6 Å². The molecule has 2 N–H and O–H groups in total. The van der Waals surface area contributed by atoms with E-state index in [4.69, 9.17) is 0 Å². The summed E-state index contributed by atoms with van der Waals surface area (Å²) in [5.74, 6) is 0.731. The van der Waals surface area contributed by atoms with E-state index in [1.165, 1.54) is 12.8 Å². The van der Waals surface area contributed by atoms with Crippen LogP contribution in [-0.4, -0.2) is 24.7 Å². The summed E-state index contributed by atoms with van der Waals surface area (Å²) < 4.78 is 0. The Morgan fingerprint density at radius 3 is 2.50 bits per heavy atom. The van der Waals surface area contributed by atoms with E-state index in [9.17, 15) is 0 Å². The molecule has 1 fully saturated rings. The number of rotatable bonds is 4. The quantitative estimate of drug-likeness (QED) is 0.770. The average Bonchev–Trinajstić information content (AvgIpc) is 2.13. The molecule has 0 aromatic carbocycles. The largest absolute Gasteiger partial charge is 0.313 e. The Bertz CT molecular complexity index is 219. The molecular formula is C14H30N2. The van der Waals surface area contributed by atoms with Gasteiger partial charge in [0, 0.05) is 18.1 Å². The minimum atomic E-state index is 0.303. The van der Waals surface area contributed by atoms with E-state index in [0.29, 0.717) is 17.0 Å². The van der Waals surface area contributed by atoms with Gasteiger partial charge in [0.1, 0.15) is 0 Å². The lowest BCUT2D eigenvalue weighted by molar-refractivity contribution is 0.194. The topological polar surface area (TPSA) is 24.1 Å². The third kappa shape index (κ3) is 4.06. The number of piperidine rings is 1. The molecule has 1 aliphatic rings. The van der Waals surface area contributed by atoms with Crippen LogP contribution in [0.2, 0.25) is 0 Å². The van der Waals surface area contributed by atoms with E-state index in [-0.39, 0.29) is 0 Å². The Hall–Kier alpha value is -0.0800. The SMILES string of the molecule is CC(C)C(C)(C)CNC1CCNC(C)(C)C1. The minimum absolute atomic E-state index is 0.303. The van der Waals surface area contributed by atoms with Crippen molar-refractivity contribution >= 4 is 0 Å². The van der Waals surface area contributed by atoms with Gasteiger partial charge in [0.15, 0.2) is 0 Å². The van der Waals surface area contributed by atoms with Crippen LogP contribution in [0.5, 0.6) is 0 Å². The lowest BCUT2D eigenvalue weighted by Crippen LogP contribution is -2.53. The zero-order valence-corrected chi connectivity index (χ0v) is 12.0. The van der Waals surface area contributed by atoms with Crippen molar-refractivity contribution in [1.29, 1.82) is 0 Å². The highest BCUT2D eigenvalue weighted by atomic mass is 15.0. The monoisotopic (exact) mass is 226 g/mol. The van der Waals surface area contributed by atoms with Gasteiger partial charge in [-0.25, -0.2) is 0 Å². The summed E-state index contributed by atoms with van der Waals surface area (Å²) >= 11 is 0. The first-order valence-corrected chi connectivity index (χ1v) is 6.71. The molecular weight excluding hydrogens is 196 g/mol. The molecule has 1 aliphatic heterocycles. The summed E-state index contributed by atoms with van der Waals surface area (Å²) in [5, 5.41) is 7.33. The summed E-state index contributed by atoms with van der Waals surface area (Å²) in [6, 6.07) is 0.689. The second kappa shape index (κ2) is 5.05. The fourth-order valence-electron chi connectivity index (χ4n) is 2.16. The van der Waals surface area contributed by atoms with Crippen LogP contribution in [-0.2, 0) is 0 Å². The molecule has 0 aliphatic carbocycles. The van der Waals surface area contributed by atoms with E-state index in [0.717, 1.165) is 19.0 Å². The van der Waals surface area contributed by atoms with Gasteiger partial charge in [0.25, 0.3) is 0 Å². The Morgan fingerprint density at radius 2 is 2.00 bits per heavy atom. The maximum absolute atomic E-state index is 3.76. The van der Waals surface area contributed by atoms with Crippen LogP contribution in [0.15, 0.2) is 0 Å². The molecule has 1 unspecified atom stereocenters. The molecule has 0 amide bonds. The Kier molecular flexibility index (Phi) is 4.42. The molecule has 1 saturated heterocycles. The van der Waals surface area contributed by atoms with Crippen molar-refractivity contribution < 1.29 is 0 Å². The normalized spacial score (nSPS) is 26.1. The fraction of sp³-hybridized carbons (Fsp3) is 1.00. The molecule has 0 aromatic heterocycles. The third-order valence-electron chi connectivity index (χ3n) is 4.26. The zero-order valence-electron chi connectivity index (χ0n) is 12.0. The maximum atomic E-state index is 3.76. The zero-order chi connectivity index (χ0) is 12.4. The molecule has 16 heavy (non-hydrogen) atoms. The second-order valence-electron chi connectivity index (χ2n) is 7.02. The average molecular weight is 226 g/mol. The Morgan fingerprint density at radius 1 is 1.38 bits per heavy atom. The predicted octanol–water partition coefficient (Wildman–Crippen LogP) is 2.79. The highest BCUT2D eigenvalue weighted by Crippen LogP contribution is 2.26. The lowest BCUT2D eigenvalue weighted by Gasteiger charge is -2.39. The van der Waals surface area contributed by atoms with Crippen molar-refractivity contribution in [2.75, 3.05) is 13.1 Å². The van der Waals surface area contributed by atoms with Gasteiger partial charge in [-0.3, -0.25) is 0 Å². The van der Waals surface area contributed by atoms with E-state index in [1.807, 2.05) is 0 Å². The molecule has 2 nitrogen and oxygen atoms in total. The van der Waals surface area contributed by atoms with Crippen LogP contribution in [0.1, 0.15) is 54.4 Å². The van der Waals surface area contributed by atoms with Gasteiger partial charge in [-0.15, -0.1) is 0 Å². The molecule has 2 heteroatoms. The summed E-state index contributed by atoms with van der Waals surface area (Å²) in [6.45, 7) is 16.2. The summed E-state index contributed by atoms with van der Waals surface area (Å²) in [6.07, 6.45) is 2.50. The van der Waals surface area contributed by atoms with Gasteiger partial charge in [-0.1, -0.05) is 27.7 Å². The van der Waals surface area contributed by atoms with Gasteiger partial charge < -0.3 is 10.6 Å². The van der Waals surface area contributed by atoms with Crippen molar-refractivity contribution in [3.63, 3.8) is 0 Å². The van der Waals surface area contributed by atoms with Gasteiger partial charge in [0.05, 0.1) is 0 Å². The highest BCUT2D eigenvalue weighted by Gasteiger charge is 2.29. The lowest BCUT2D eigenvalue weighted by atomic mass is 9.80. The highest BCUT2D eigenvalue weighted by molar-refractivity contribution is 4.90. The smallest absolute Gasteiger partial charge is 0.0139 e. The summed E-state index contributed by atoms with van der Waals surface area (Å²) in [5.41, 5.74) is 0.701. The van der Waals surface area contributed by atoms with E-state index < -0.39 is 0 Å². The second-order valence-corrected chi connectivity index (χ2v) is 7.02. The number of hydrogen-bond acceptors (Lipinski definition) is 2. The fourth-order valence-corrected chi connectivity index (χ4v) is 2.16. The van der Waals surface area contributed by atoms with E-state index in [1.54, 1.807) is 0 Å². The summed E-state index contributed by atoms with van der Waals surface area (Å²) in [4.78, 5) is 0. The van der Waals surface area contributed by atoms with E-state index in [2.05, 4.69) is 52.2 Å². The molecule has 0 aromatic rings. The molecule has 1 atom stereocenters. The maximum Gasteiger partial charge on any atom is 0.0139 e. The number of hydrogen-bond donors (Lipinski definition) is 2. The molecule has 0 radical (unpaired) electrons. The first-order valence-electron chi connectivity index (χ1n) is 6.71. The van der Waals surface area contributed by atoms with E-state index >= 15 is 0 Å². The van der Waals surface area contributed by atoms with Gasteiger partial charge >= 0.3 is 0 Å². The van der Waals surface area contributed by atoms with Crippen molar-refractivity contribution in [2.24, 2.45) is 11.3 Å². The molecule has 1 heterocycles.